The lowest BCUT2D eigenvalue weighted by Gasteiger charge is -2.05. The van der Waals surface area contributed by atoms with Crippen LogP contribution in [-0.2, 0) is 4.79 Å². The maximum atomic E-state index is 10.4. The molecular weight excluding hydrogens is 258 g/mol. The first-order valence-corrected chi connectivity index (χ1v) is 8.30. The van der Waals surface area contributed by atoms with E-state index in [2.05, 4.69) is 0 Å². The molecule has 0 bridgehead atoms. The van der Waals surface area contributed by atoms with E-state index in [4.69, 9.17) is 15.9 Å². The van der Waals surface area contributed by atoms with E-state index >= 15 is 0 Å². The number of carbonyl (C=O) groups excluding carboxylic acids is 1. The highest BCUT2D eigenvalue weighted by molar-refractivity contribution is 8.77. The van der Waals surface area contributed by atoms with E-state index in [1.807, 2.05) is 21.6 Å². The van der Waals surface area contributed by atoms with Crippen LogP contribution in [0, 0.1) is 0 Å². The van der Waals surface area contributed by atoms with Gasteiger partial charge < -0.3 is 15.9 Å². The summed E-state index contributed by atoms with van der Waals surface area (Å²) in [4.78, 5) is 10.4. The maximum Gasteiger partial charge on any atom is 0.217 e. The van der Waals surface area contributed by atoms with Crippen molar-refractivity contribution in [3.63, 3.8) is 0 Å². The first-order valence-electron chi connectivity index (χ1n) is 5.91. The second-order valence-corrected chi connectivity index (χ2v) is 6.86. The molecule has 1 heterocycles. The van der Waals surface area contributed by atoms with Gasteiger partial charge in [-0.15, -0.1) is 0 Å². The van der Waals surface area contributed by atoms with Gasteiger partial charge in [-0.05, 0) is 26.2 Å². The summed E-state index contributed by atoms with van der Waals surface area (Å²) in [6, 6.07) is 0. The summed E-state index contributed by atoms with van der Waals surface area (Å²) in [6.45, 7) is 1.39. The molecule has 4 nitrogen and oxygen atoms in total. The van der Waals surface area contributed by atoms with E-state index in [1.165, 1.54) is 25.5 Å². The average Bonchev–Trinajstić information content (AvgIpc) is 2.78. The topological polar surface area (TPSA) is 83.6 Å². The summed E-state index contributed by atoms with van der Waals surface area (Å²) < 4.78 is 0. The van der Waals surface area contributed by atoms with Gasteiger partial charge in [-0.3, -0.25) is 4.79 Å². The fraction of sp³-hybridized carbons (Fsp3) is 0.909. The Balaban J connectivity index is 0.000000437. The summed E-state index contributed by atoms with van der Waals surface area (Å²) in [5, 5.41) is 16.8. The van der Waals surface area contributed by atoms with Crippen molar-refractivity contribution in [3.05, 3.63) is 0 Å². The van der Waals surface area contributed by atoms with Crippen LogP contribution in [0.3, 0.4) is 0 Å². The number of rotatable bonds is 6. The number of hydrogen-bond acceptors (Lipinski definition) is 5. The largest absolute Gasteiger partial charge is 0.394 e. The standard InChI is InChI=1S/C8H15NOS2.C3H8O2/c9-8(10)4-2-1-3-7-5-6-11-12-7;1-3(5)2-4/h7H,1-6H2,(H2,9,10);3-5H,2H2,1H3. The lowest BCUT2D eigenvalue weighted by Crippen LogP contribution is -2.10. The van der Waals surface area contributed by atoms with Crippen molar-refractivity contribution in [3.8, 4) is 0 Å². The number of nitrogens with two attached hydrogens (primary N) is 1. The normalized spacial score (nSPS) is 20.5. The van der Waals surface area contributed by atoms with Crippen molar-refractivity contribution >= 4 is 27.5 Å². The molecule has 0 aromatic heterocycles. The zero-order chi connectivity index (χ0) is 13.1. The van der Waals surface area contributed by atoms with Crippen LogP contribution in [0.2, 0.25) is 0 Å². The van der Waals surface area contributed by atoms with Crippen LogP contribution >= 0.6 is 21.6 Å². The summed E-state index contributed by atoms with van der Waals surface area (Å²) >= 11 is 0. The molecule has 6 heteroatoms. The Hall–Kier alpha value is 0.0900. The van der Waals surface area contributed by atoms with E-state index in [-0.39, 0.29) is 12.5 Å². The Bertz CT molecular complexity index is 197. The highest BCUT2D eigenvalue weighted by Crippen LogP contribution is 2.39. The fourth-order valence-corrected chi connectivity index (χ4v) is 4.26. The number of carbonyl (C=O) groups is 1. The van der Waals surface area contributed by atoms with Crippen molar-refractivity contribution in [1.82, 2.24) is 0 Å². The van der Waals surface area contributed by atoms with Crippen molar-refractivity contribution < 1.29 is 15.0 Å². The van der Waals surface area contributed by atoms with Crippen LogP contribution in [0.4, 0.5) is 0 Å². The van der Waals surface area contributed by atoms with Gasteiger partial charge >= 0.3 is 0 Å². The molecule has 0 saturated carbocycles. The van der Waals surface area contributed by atoms with Gasteiger partial charge in [0.2, 0.25) is 5.91 Å². The SMILES string of the molecule is CC(O)CO.NC(=O)CCCCC1CCSS1. The molecular formula is C11H23NO3S2. The minimum absolute atomic E-state index is 0.139. The van der Waals surface area contributed by atoms with E-state index in [9.17, 15) is 4.79 Å². The zero-order valence-corrected chi connectivity index (χ0v) is 11.9. The molecule has 0 aromatic rings. The molecule has 1 fully saturated rings. The molecule has 17 heavy (non-hydrogen) atoms. The van der Waals surface area contributed by atoms with Crippen LogP contribution in [0.25, 0.3) is 0 Å². The van der Waals surface area contributed by atoms with E-state index in [1.54, 1.807) is 0 Å². The molecule has 1 saturated heterocycles. The second-order valence-electron chi connectivity index (χ2n) is 4.07. The van der Waals surface area contributed by atoms with Crippen LogP contribution in [0.1, 0.15) is 39.0 Å². The molecule has 0 radical (unpaired) electrons. The molecule has 1 aliphatic heterocycles. The first kappa shape index (κ1) is 17.1. The molecule has 1 rings (SSSR count). The summed E-state index contributed by atoms with van der Waals surface area (Å²) in [6.07, 6.45) is 4.72. The van der Waals surface area contributed by atoms with Gasteiger partial charge in [0, 0.05) is 17.4 Å². The lowest BCUT2D eigenvalue weighted by atomic mass is 10.1. The molecule has 4 N–H and O–H groups in total. The highest BCUT2D eigenvalue weighted by atomic mass is 33.1. The molecule has 0 aliphatic carbocycles. The van der Waals surface area contributed by atoms with Crippen molar-refractivity contribution in [2.45, 2.75) is 50.4 Å². The van der Waals surface area contributed by atoms with Gasteiger partial charge in [-0.2, -0.15) is 0 Å². The minimum atomic E-state index is -0.560. The second kappa shape index (κ2) is 11.2. The number of unbranched alkanes of at least 4 members (excludes halogenated alkanes) is 1. The van der Waals surface area contributed by atoms with Gasteiger partial charge in [0.15, 0.2) is 0 Å². The number of primary amides is 1. The summed E-state index contributed by atoms with van der Waals surface area (Å²) in [7, 11) is 3.97. The molecule has 2 atom stereocenters. The maximum absolute atomic E-state index is 10.4. The van der Waals surface area contributed by atoms with Gasteiger partial charge in [0.1, 0.15) is 0 Å². The number of aliphatic hydroxyl groups is 2. The van der Waals surface area contributed by atoms with Gasteiger partial charge in [0.25, 0.3) is 0 Å². The highest BCUT2D eigenvalue weighted by Gasteiger charge is 2.15. The molecule has 2 unspecified atom stereocenters. The molecule has 1 aliphatic rings. The molecule has 0 aromatic carbocycles. The molecule has 1 amide bonds. The number of hydrogen-bond donors (Lipinski definition) is 3. The third-order valence-electron chi connectivity index (χ3n) is 2.19. The lowest BCUT2D eigenvalue weighted by molar-refractivity contribution is -0.118. The Morgan fingerprint density at radius 2 is 2.18 bits per heavy atom. The molecule has 0 spiro atoms. The van der Waals surface area contributed by atoms with Crippen LogP contribution in [-0.4, -0.2) is 39.8 Å². The number of aliphatic hydroxyl groups excluding tert-OH is 2. The third kappa shape index (κ3) is 12.3. The van der Waals surface area contributed by atoms with Gasteiger partial charge in [-0.25, -0.2) is 0 Å². The Labute approximate surface area is 111 Å². The average molecular weight is 281 g/mol. The Morgan fingerprint density at radius 1 is 1.53 bits per heavy atom. The van der Waals surface area contributed by atoms with Crippen molar-refractivity contribution in [1.29, 1.82) is 0 Å². The zero-order valence-electron chi connectivity index (χ0n) is 10.3. The van der Waals surface area contributed by atoms with E-state index in [0.29, 0.717) is 6.42 Å². The Kier molecular flexibility index (Phi) is 11.3. The van der Waals surface area contributed by atoms with Crippen LogP contribution in [0.15, 0.2) is 0 Å². The number of amides is 1. The summed E-state index contributed by atoms with van der Waals surface area (Å²) in [5.74, 6) is 1.13. The van der Waals surface area contributed by atoms with Crippen molar-refractivity contribution in [2.24, 2.45) is 5.73 Å². The first-order chi connectivity index (χ1) is 8.06. The summed E-state index contributed by atoms with van der Waals surface area (Å²) in [5.41, 5.74) is 5.04. The van der Waals surface area contributed by atoms with Crippen LogP contribution in [0.5, 0.6) is 0 Å². The van der Waals surface area contributed by atoms with Crippen LogP contribution < -0.4 is 5.73 Å². The van der Waals surface area contributed by atoms with E-state index in [0.717, 1.165) is 18.1 Å². The Morgan fingerprint density at radius 3 is 2.59 bits per heavy atom. The monoisotopic (exact) mass is 281 g/mol. The predicted molar refractivity (Wildman–Crippen MR) is 74.9 cm³/mol. The molecule has 102 valence electrons. The van der Waals surface area contributed by atoms with Gasteiger partial charge in [-0.1, -0.05) is 28.0 Å². The predicted octanol–water partition coefficient (Wildman–Crippen LogP) is 1.55. The minimum Gasteiger partial charge on any atom is -0.394 e. The smallest absolute Gasteiger partial charge is 0.217 e. The van der Waals surface area contributed by atoms with Crippen molar-refractivity contribution in [2.75, 3.05) is 12.4 Å². The van der Waals surface area contributed by atoms with Gasteiger partial charge in [0.05, 0.1) is 12.7 Å². The van der Waals surface area contributed by atoms with E-state index < -0.39 is 6.10 Å². The third-order valence-corrected chi connectivity index (χ3v) is 5.20. The quantitative estimate of drug-likeness (QED) is 0.508. The fourth-order valence-electron chi connectivity index (χ4n) is 1.24.